The van der Waals surface area contributed by atoms with Crippen molar-refractivity contribution in [3.63, 3.8) is 0 Å². The summed E-state index contributed by atoms with van der Waals surface area (Å²) in [6, 6.07) is 5.49. The van der Waals surface area contributed by atoms with E-state index in [0.29, 0.717) is 11.3 Å². The number of aromatic amines is 1. The Bertz CT molecular complexity index is 576. The van der Waals surface area contributed by atoms with Crippen LogP contribution in [0.25, 0.3) is 10.6 Å². The van der Waals surface area contributed by atoms with Crippen LogP contribution in [0.3, 0.4) is 0 Å². The number of para-hydroxylation sites is 1. The van der Waals surface area contributed by atoms with Crippen LogP contribution in [0.5, 0.6) is 5.75 Å². The molecule has 0 saturated carbocycles. The molecule has 0 aliphatic heterocycles. The SMILES string of the molecule is O=c1[nH]nc(-c2ccccc2OC(F)(F)F)s1. The maximum absolute atomic E-state index is 12.1. The summed E-state index contributed by atoms with van der Waals surface area (Å²) in [7, 11) is 0. The summed E-state index contributed by atoms with van der Waals surface area (Å²) in [5.41, 5.74) is 0.119. The number of hydrogen-bond acceptors (Lipinski definition) is 4. The third-order valence-electron chi connectivity index (χ3n) is 1.78. The number of benzene rings is 1. The summed E-state index contributed by atoms with van der Waals surface area (Å²) in [5.74, 6) is -0.386. The van der Waals surface area contributed by atoms with Gasteiger partial charge in [-0.2, -0.15) is 5.10 Å². The Labute approximate surface area is 96.7 Å². The molecule has 1 aromatic heterocycles. The first-order chi connectivity index (χ1) is 7.96. The number of nitrogens with zero attached hydrogens (tertiary/aromatic N) is 1. The first-order valence-corrected chi connectivity index (χ1v) is 5.18. The zero-order valence-corrected chi connectivity index (χ0v) is 8.93. The van der Waals surface area contributed by atoms with Crippen LogP contribution in [0.2, 0.25) is 0 Å². The van der Waals surface area contributed by atoms with Gasteiger partial charge in [-0.25, -0.2) is 5.10 Å². The van der Waals surface area contributed by atoms with Gasteiger partial charge in [0.15, 0.2) is 5.01 Å². The van der Waals surface area contributed by atoms with Gasteiger partial charge < -0.3 is 4.74 Å². The maximum Gasteiger partial charge on any atom is 0.573 e. The summed E-state index contributed by atoms with van der Waals surface area (Å²) in [5, 5.41) is 5.89. The fourth-order valence-electron chi connectivity index (χ4n) is 1.20. The molecule has 1 aromatic carbocycles. The second kappa shape index (κ2) is 4.21. The van der Waals surface area contributed by atoms with Crippen molar-refractivity contribution in [3.8, 4) is 16.3 Å². The van der Waals surface area contributed by atoms with Crippen molar-refractivity contribution in [1.82, 2.24) is 10.2 Å². The zero-order chi connectivity index (χ0) is 12.5. The minimum atomic E-state index is -4.78. The molecule has 2 rings (SSSR count). The quantitative estimate of drug-likeness (QED) is 0.904. The van der Waals surface area contributed by atoms with Crippen molar-refractivity contribution in [1.29, 1.82) is 0 Å². The lowest BCUT2D eigenvalue weighted by Crippen LogP contribution is -2.17. The van der Waals surface area contributed by atoms with E-state index in [1.807, 2.05) is 0 Å². The second-order valence-corrected chi connectivity index (χ2v) is 3.92. The van der Waals surface area contributed by atoms with Crippen LogP contribution < -0.4 is 9.61 Å². The van der Waals surface area contributed by atoms with Crippen molar-refractivity contribution in [2.45, 2.75) is 6.36 Å². The molecule has 0 amide bonds. The lowest BCUT2D eigenvalue weighted by Gasteiger charge is -2.11. The molecule has 0 unspecified atom stereocenters. The van der Waals surface area contributed by atoms with Gasteiger partial charge in [-0.3, -0.25) is 4.79 Å². The topological polar surface area (TPSA) is 55.0 Å². The highest BCUT2D eigenvalue weighted by atomic mass is 32.1. The second-order valence-electron chi connectivity index (χ2n) is 2.96. The Morgan fingerprint density at radius 1 is 1.29 bits per heavy atom. The van der Waals surface area contributed by atoms with Crippen molar-refractivity contribution < 1.29 is 17.9 Å². The van der Waals surface area contributed by atoms with E-state index in [1.165, 1.54) is 18.2 Å². The predicted molar refractivity (Wildman–Crippen MR) is 54.9 cm³/mol. The van der Waals surface area contributed by atoms with Gasteiger partial charge in [-0.1, -0.05) is 23.5 Å². The van der Waals surface area contributed by atoms with E-state index in [2.05, 4.69) is 14.9 Å². The van der Waals surface area contributed by atoms with E-state index in [0.717, 1.165) is 6.07 Å². The third-order valence-corrected chi connectivity index (χ3v) is 2.56. The lowest BCUT2D eigenvalue weighted by molar-refractivity contribution is -0.274. The Balaban J connectivity index is 2.44. The van der Waals surface area contributed by atoms with Crippen molar-refractivity contribution in [3.05, 3.63) is 33.9 Å². The van der Waals surface area contributed by atoms with Crippen LogP contribution in [-0.2, 0) is 0 Å². The molecule has 17 heavy (non-hydrogen) atoms. The molecule has 0 spiro atoms. The van der Waals surface area contributed by atoms with Crippen LogP contribution in [-0.4, -0.2) is 16.6 Å². The predicted octanol–water partition coefficient (Wildman–Crippen LogP) is 2.40. The maximum atomic E-state index is 12.1. The monoisotopic (exact) mass is 262 g/mol. The molecule has 0 aliphatic rings. The largest absolute Gasteiger partial charge is 0.573 e. The number of aromatic nitrogens is 2. The van der Waals surface area contributed by atoms with Gasteiger partial charge in [-0.05, 0) is 12.1 Å². The molecule has 0 fully saturated rings. The van der Waals surface area contributed by atoms with Crippen molar-refractivity contribution >= 4 is 11.3 Å². The molecule has 90 valence electrons. The Morgan fingerprint density at radius 2 is 2.00 bits per heavy atom. The van der Waals surface area contributed by atoms with Gasteiger partial charge in [0.05, 0.1) is 5.56 Å². The highest BCUT2D eigenvalue weighted by Crippen LogP contribution is 2.33. The molecule has 0 radical (unpaired) electrons. The summed E-state index contributed by atoms with van der Waals surface area (Å²) in [6.07, 6.45) is -4.78. The normalized spacial score (nSPS) is 11.5. The molecule has 2 aromatic rings. The van der Waals surface area contributed by atoms with Crippen LogP contribution in [0.4, 0.5) is 13.2 Å². The van der Waals surface area contributed by atoms with E-state index in [1.54, 1.807) is 0 Å². The summed E-state index contributed by atoms with van der Waals surface area (Å²) in [6.45, 7) is 0. The average Bonchev–Trinajstić information content (AvgIpc) is 2.63. The molecule has 0 bridgehead atoms. The number of hydrogen-bond donors (Lipinski definition) is 1. The summed E-state index contributed by atoms with van der Waals surface area (Å²) < 4.78 is 40.2. The number of rotatable bonds is 2. The Hall–Kier alpha value is -1.83. The number of ether oxygens (including phenoxy) is 1. The summed E-state index contributed by atoms with van der Waals surface area (Å²) >= 11 is 0.711. The molecular formula is C9H5F3N2O2S. The first-order valence-electron chi connectivity index (χ1n) is 4.36. The number of H-pyrrole nitrogens is 1. The van der Waals surface area contributed by atoms with E-state index < -0.39 is 11.2 Å². The van der Waals surface area contributed by atoms with Crippen LogP contribution >= 0.6 is 11.3 Å². The fraction of sp³-hybridized carbons (Fsp3) is 0.111. The van der Waals surface area contributed by atoms with Gasteiger partial charge in [0.2, 0.25) is 0 Å². The van der Waals surface area contributed by atoms with E-state index in [-0.39, 0.29) is 16.3 Å². The lowest BCUT2D eigenvalue weighted by atomic mass is 10.2. The number of halogens is 3. The van der Waals surface area contributed by atoms with Gasteiger partial charge in [0, 0.05) is 0 Å². The van der Waals surface area contributed by atoms with Gasteiger partial charge >= 0.3 is 11.2 Å². The average molecular weight is 262 g/mol. The van der Waals surface area contributed by atoms with Crippen LogP contribution in [0.15, 0.2) is 29.1 Å². The Kier molecular flexibility index (Phi) is 2.88. The molecular weight excluding hydrogens is 257 g/mol. The van der Waals surface area contributed by atoms with Gasteiger partial charge in [0.25, 0.3) is 0 Å². The number of alkyl halides is 3. The molecule has 4 nitrogen and oxygen atoms in total. The van der Waals surface area contributed by atoms with E-state index in [4.69, 9.17) is 0 Å². The first kappa shape index (κ1) is 11.6. The molecule has 1 heterocycles. The Morgan fingerprint density at radius 3 is 2.59 bits per heavy atom. The smallest absolute Gasteiger partial charge is 0.405 e. The van der Waals surface area contributed by atoms with E-state index >= 15 is 0 Å². The van der Waals surface area contributed by atoms with Crippen LogP contribution in [0, 0.1) is 0 Å². The van der Waals surface area contributed by atoms with E-state index in [9.17, 15) is 18.0 Å². The summed E-state index contributed by atoms with van der Waals surface area (Å²) in [4.78, 5) is 10.5. The van der Waals surface area contributed by atoms with Gasteiger partial charge in [0.1, 0.15) is 5.75 Å². The molecule has 0 aliphatic carbocycles. The highest BCUT2D eigenvalue weighted by molar-refractivity contribution is 7.12. The molecule has 0 saturated heterocycles. The minimum Gasteiger partial charge on any atom is -0.405 e. The molecule has 8 heteroatoms. The third kappa shape index (κ3) is 2.84. The molecule has 1 N–H and O–H groups in total. The minimum absolute atomic E-state index is 0.119. The van der Waals surface area contributed by atoms with Gasteiger partial charge in [-0.15, -0.1) is 13.2 Å². The van der Waals surface area contributed by atoms with Crippen LogP contribution in [0.1, 0.15) is 0 Å². The number of nitrogens with one attached hydrogen (secondary N) is 1. The standard InChI is InChI=1S/C9H5F3N2O2S/c10-9(11,12)16-6-4-2-1-3-5(6)7-13-14-8(15)17-7/h1-4H,(H,14,15). The molecule has 0 atom stereocenters. The highest BCUT2D eigenvalue weighted by Gasteiger charge is 2.32. The van der Waals surface area contributed by atoms with Crippen molar-refractivity contribution in [2.75, 3.05) is 0 Å². The van der Waals surface area contributed by atoms with Crippen molar-refractivity contribution in [2.24, 2.45) is 0 Å². The zero-order valence-electron chi connectivity index (χ0n) is 8.12. The fourth-order valence-corrected chi connectivity index (χ4v) is 1.84.